The zero-order valence-corrected chi connectivity index (χ0v) is 10.5. The fourth-order valence-electron chi connectivity index (χ4n) is 2.17. The van der Waals surface area contributed by atoms with E-state index in [0.29, 0.717) is 11.3 Å². The highest BCUT2D eigenvalue weighted by molar-refractivity contribution is 6.00. The van der Waals surface area contributed by atoms with E-state index in [-0.39, 0.29) is 24.1 Å². The molecule has 2 heterocycles. The molecule has 4 heteroatoms. The molecule has 0 amide bonds. The molecule has 1 aromatic heterocycles. The predicted octanol–water partition coefficient (Wildman–Crippen LogP) is 2.80. The average Bonchev–Trinajstić information content (AvgIpc) is 2.40. The van der Waals surface area contributed by atoms with E-state index in [9.17, 15) is 9.90 Å². The molecule has 1 aliphatic rings. The van der Waals surface area contributed by atoms with Crippen LogP contribution in [0.15, 0.2) is 36.5 Å². The molecule has 3 rings (SSSR count). The second kappa shape index (κ2) is 4.39. The zero-order valence-electron chi connectivity index (χ0n) is 10.5. The van der Waals surface area contributed by atoms with Crippen LogP contribution in [0.25, 0.3) is 0 Å². The van der Waals surface area contributed by atoms with Crippen LogP contribution in [0, 0.1) is 6.92 Å². The van der Waals surface area contributed by atoms with Gasteiger partial charge < -0.3 is 9.84 Å². The number of rotatable bonds is 1. The summed E-state index contributed by atoms with van der Waals surface area (Å²) in [6.07, 6.45) is 1.69. The standard InChI is InChI=1S/C15H13NO3/c1-9-2-3-10(8-16-9)15-7-13(18)12-6-11(17)4-5-14(12)19-15/h2-6,8,15,17H,7H2,1H3/t15-/m1/s1. The van der Waals surface area contributed by atoms with Crippen LogP contribution in [0.4, 0.5) is 0 Å². The monoisotopic (exact) mass is 255 g/mol. The summed E-state index contributed by atoms with van der Waals surface area (Å²) in [6.45, 7) is 1.91. The molecule has 1 atom stereocenters. The second-order valence-corrected chi connectivity index (χ2v) is 4.65. The van der Waals surface area contributed by atoms with Crippen LogP contribution in [-0.4, -0.2) is 15.9 Å². The van der Waals surface area contributed by atoms with Crippen molar-refractivity contribution < 1.29 is 14.6 Å². The number of aromatic hydroxyl groups is 1. The Morgan fingerprint density at radius 1 is 1.32 bits per heavy atom. The van der Waals surface area contributed by atoms with Gasteiger partial charge in [0, 0.05) is 17.5 Å². The lowest BCUT2D eigenvalue weighted by Gasteiger charge is -2.25. The van der Waals surface area contributed by atoms with Crippen molar-refractivity contribution in [2.75, 3.05) is 0 Å². The van der Waals surface area contributed by atoms with Gasteiger partial charge in [-0.3, -0.25) is 9.78 Å². The highest BCUT2D eigenvalue weighted by Gasteiger charge is 2.28. The Kier molecular flexibility index (Phi) is 2.71. The SMILES string of the molecule is Cc1ccc([C@H]2CC(=O)c3cc(O)ccc3O2)cn1. The van der Waals surface area contributed by atoms with Crippen LogP contribution in [0.3, 0.4) is 0 Å². The van der Waals surface area contributed by atoms with Gasteiger partial charge in [-0.2, -0.15) is 0 Å². The lowest BCUT2D eigenvalue weighted by Crippen LogP contribution is -2.20. The molecule has 0 radical (unpaired) electrons. The molecule has 1 aliphatic heterocycles. The number of carbonyl (C=O) groups is 1. The van der Waals surface area contributed by atoms with Gasteiger partial charge in [0.2, 0.25) is 0 Å². The summed E-state index contributed by atoms with van der Waals surface area (Å²) >= 11 is 0. The van der Waals surface area contributed by atoms with Crippen LogP contribution in [-0.2, 0) is 0 Å². The Hall–Kier alpha value is -2.36. The van der Waals surface area contributed by atoms with Crippen LogP contribution < -0.4 is 4.74 Å². The van der Waals surface area contributed by atoms with E-state index in [1.807, 2.05) is 19.1 Å². The molecule has 0 fully saturated rings. The number of benzene rings is 1. The molecule has 0 bridgehead atoms. The average molecular weight is 255 g/mol. The van der Waals surface area contributed by atoms with Crippen LogP contribution in [0.1, 0.15) is 34.1 Å². The van der Waals surface area contributed by atoms with Gasteiger partial charge in [-0.1, -0.05) is 6.07 Å². The first-order chi connectivity index (χ1) is 9.13. The number of nitrogens with zero attached hydrogens (tertiary/aromatic N) is 1. The maximum atomic E-state index is 12.1. The summed E-state index contributed by atoms with van der Waals surface area (Å²) < 4.78 is 5.81. The number of fused-ring (bicyclic) bond motifs is 1. The maximum Gasteiger partial charge on any atom is 0.170 e. The smallest absolute Gasteiger partial charge is 0.170 e. The predicted molar refractivity (Wildman–Crippen MR) is 69.4 cm³/mol. The molecule has 0 spiro atoms. The van der Waals surface area contributed by atoms with Crippen molar-refractivity contribution >= 4 is 5.78 Å². The minimum atomic E-state index is -0.308. The summed E-state index contributed by atoms with van der Waals surface area (Å²) in [5.41, 5.74) is 2.25. The summed E-state index contributed by atoms with van der Waals surface area (Å²) in [5, 5.41) is 9.40. The molecule has 0 aliphatic carbocycles. The number of hydrogen-bond acceptors (Lipinski definition) is 4. The van der Waals surface area contributed by atoms with Gasteiger partial charge in [0.1, 0.15) is 17.6 Å². The van der Waals surface area contributed by atoms with Gasteiger partial charge in [0.05, 0.1) is 12.0 Å². The number of aryl methyl sites for hydroxylation is 1. The van der Waals surface area contributed by atoms with E-state index >= 15 is 0 Å². The third kappa shape index (κ3) is 2.17. The summed E-state index contributed by atoms with van der Waals surface area (Å²) in [5.74, 6) is 0.563. The molecule has 1 aromatic carbocycles. The van der Waals surface area contributed by atoms with E-state index in [4.69, 9.17) is 4.74 Å². The highest BCUT2D eigenvalue weighted by Crippen LogP contribution is 2.36. The first kappa shape index (κ1) is 11.7. The van der Waals surface area contributed by atoms with Crippen molar-refractivity contribution in [1.29, 1.82) is 0 Å². The Bertz CT molecular complexity index is 634. The van der Waals surface area contributed by atoms with Gasteiger partial charge in [-0.05, 0) is 31.2 Å². The molecule has 0 saturated carbocycles. The number of aromatic nitrogens is 1. The van der Waals surface area contributed by atoms with Crippen molar-refractivity contribution in [3.8, 4) is 11.5 Å². The number of pyridine rings is 1. The molecule has 19 heavy (non-hydrogen) atoms. The van der Waals surface area contributed by atoms with Crippen LogP contribution in [0.5, 0.6) is 11.5 Å². The molecule has 96 valence electrons. The van der Waals surface area contributed by atoms with E-state index < -0.39 is 0 Å². The minimum Gasteiger partial charge on any atom is -0.508 e. The number of carbonyl (C=O) groups excluding carboxylic acids is 1. The van der Waals surface area contributed by atoms with Crippen molar-refractivity contribution in [1.82, 2.24) is 4.98 Å². The summed E-state index contributed by atoms with van der Waals surface area (Å²) in [6, 6.07) is 8.40. The fourth-order valence-corrected chi connectivity index (χ4v) is 2.17. The van der Waals surface area contributed by atoms with Crippen molar-refractivity contribution in [3.63, 3.8) is 0 Å². The van der Waals surface area contributed by atoms with E-state index in [0.717, 1.165) is 11.3 Å². The van der Waals surface area contributed by atoms with Gasteiger partial charge >= 0.3 is 0 Å². The van der Waals surface area contributed by atoms with E-state index in [1.165, 1.54) is 12.1 Å². The molecule has 2 aromatic rings. The number of hydrogen-bond donors (Lipinski definition) is 1. The topological polar surface area (TPSA) is 59.4 Å². The largest absolute Gasteiger partial charge is 0.508 e. The Morgan fingerprint density at radius 2 is 2.16 bits per heavy atom. The Morgan fingerprint density at radius 3 is 2.89 bits per heavy atom. The van der Waals surface area contributed by atoms with Gasteiger partial charge in [-0.15, -0.1) is 0 Å². The van der Waals surface area contributed by atoms with Crippen molar-refractivity contribution in [3.05, 3.63) is 53.3 Å². The number of phenols is 1. The lowest BCUT2D eigenvalue weighted by molar-refractivity contribution is 0.0849. The molecule has 0 saturated heterocycles. The normalized spacial score (nSPS) is 17.7. The number of ether oxygens (including phenoxy) is 1. The summed E-state index contributed by atoms with van der Waals surface area (Å²) in [4.78, 5) is 16.3. The van der Waals surface area contributed by atoms with Gasteiger partial charge in [0.25, 0.3) is 0 Å². The van der Waals surface area contributed by atoms with Crippen LogP contribution in [0.2, 0.25) is 0 Å². The number of ketones is 1. The van der Waals surface area contributed by atoms with Gasteiger partial charge in [-0.25, -0.2) is 0 Å². The molecule has 1 N–H and O–H groups in total. The molecule has 4 nitrogen and oxygen atoms in total. The Balaban J connectivity index is 1.95. The quantitative estimate of drug-likeness (QED) is 0.851. The number of Topliss-reactive ketones (excluding diaryl/α,β-unsaturated/α-hetero) is 1. The third-order valence-corrected chi connectivity index (χ3v) is 3.21. The highest BCUT2D eigenvalue weighted by atomic mass is 16.5. The number of phenolic OH excluding ortho intramolecular Hbond substituents is 1. The Labute approximate surface area is 110 Å². The third-order valence-electron chi connectivity index (χ3n) is 3.21. The summed E-state index contributed by atoms with van der Waals surface area (Å²) in [7, 11) is 0. The fraction of sp³-hybridized carbons (Fsp3) is 0.200. The van der Waals surface area contributed by atoms with E-state index in [2.05, 4.69) is 4.98 Å². The first-order valence-corrected chi connectivity index (χ1v) is 6.09. The maximum absolute atomic E-state index is 12.1. The van der Waals surface area contributed by atoms with Crippen molar-refractivity contribution in [2.24, 2.45) is 0 Å². The second-order valence-electron chi connectivity index (χ2n) is 4.65. The minimum absolute atomic E-state index is 0.0253. The van der Waals surface area contributed by atoms with Crippen molar-refractivity contribution in [2.45, 2.75) is 19.4 Å². The zero-order chi connectivity index (χ0) is 13.4. The van der Waals surface area contributed by atoms with Crippen LogP contribution >= 0.6 is 0 Å². The van der Waals surface area contributed by atoms with E-state index in [1.54, 1.807) is 12.3 Å². The molecular weight excluding hydrogens is 242 g/mol. The van der Waals surface area contributed by atoms with Gasteiger partial charge in [0.15, 0.2) is 5.78 Å². The lowest BCUT2D eigenvalue weighted by atomic mass is 9.97. The molecule has 0 unspecified atom stereocenters. The first-order valence-electron chi connectivity index (χ1n) is 6.09. The molecular formula is C15H13NO3.